The van der Waals surface area contributed by atoms with Crippen LogP contribution in [0.4, 0.5) is 0 Å². The molecule has 0 radical (unpaired) electrons. The molecule has 4 heteroatoms. The van der Waals surface area contributed by atoms with Crippen molar-refractivity contribution in [3.8, 4) is 0 Å². The number of hydrogen-bond donors (Lipinski definition) is 0. The molecule has 58 valence electrons. The second kappa shape index (κ2) is 2.53. The predicted octanol–water partition coefficient (Wildman–Crippen LogP) is 0.355. The first-order chi connectivity index (χ1) is 5.02. The van der Waals surface area contributed by atoms with Gasteiger partial charge in [0.05, 0.1) is 0 Å². The minimum Gasteiger partial charge on any atom is -0.277 e. The number of nitrogens with zero attached hydrogens (tertiary/aromatic N) is 2. The van der Waals surface area contributed by atoms with Crippen molar-refractivity contribution in [1.29, 1.82) is 0 Å². The number of carbonyl (C=O) groups is 1. The summed E-state index contributed by atoms with van der Waals surface area (Å²) in [4.78, 5) is 15.2. The van der Waals surface area contributed by atoms with E-state index in [1.54, 1.807) is 12.4 Å². The molecule has 1 aromatic heterocycles. The maximum absolute atomic E-state index is 11.5. The van der Waals surface area contributed by atoms with Crippen LogP contribution in [0.1, 0.15) is 18.6 Å². The lowest BCUT2D eigenvalue weighted by Gasteiger charge is -2.15. The molecule has 3 nitrogen and oxygen atoms in total. The van der Waals surface area contributed by atoms with E-state index in [0.717, 1.165) is 0 Å². The smallest absolute Gasteiger partial charge is 0.229 e. The fourth-order valence-corrected chi connectivity index (χ4v) is 0.767. The molecule has 1 heterocycles. The van der Waals surface area contributed by atoms with Crippen molar-refractivity contribution in [2.75, 3.05) is 0 Å². The van der Waals surface area contributed by atoms with Crippen LogP contribution in [0, 0.1) is 0 Å². The molecule has 0 atom stereocenters. The monoisotopic (exact) mass is 150 g/mol. The van der Waals surface area contributed by atoms with Crippen molar-refractivity contribution < 1.29 is 4.79 Å². The average molecular weight is 150 g/mol. The normalized spacial score (nSPS) is 11.5. The number of hydrogen-bond acceptors (Lipinski definition) is 2. The highest BCUT2D eigenvalue weighted by Gasteiger charge is 2.22. The van der Waals surface area contributed by atoms with E-state index < -0.39 is 0 Å². The Kier molecular flexibility index (Phi) is 1.85. The molecule has 1 aromatic rings. The summed E-state index contributed by atoms with van der Waals surface area (Å²) in [5.74, 6) is 0.0648. The number of rotatable bonds is 1. The molecule has 0 saturated carbocycles. The summed E-state index contributed by atoms with van der Waals surface area (Å²) in [5.41, 5.74) is 0. The van der Waals surface area contributed by atoms with Gasteiger partial charge >= 0.3 is 0 Å². The highest BCUT2D eigenvalue weighted by Crippen LogP contribution is 2.20. The van der Waals surface area contributed by atoms with Crippen LogP contribution in [0.25, 0.3) is 0 Å². The molecule has 0 N–H and O–H groups in total. The molecule has 0 amide bonds. The summed E-state index contributed by atoms with van der Waals surface area (Å²) in [6.07, 6.45) is 4.78. The number of imidazole rings is 1. The summed E-state index contributed by atoms with van der Waals surface area (Å²) >= 11 is 0. The van der Waals surface area contributed by atoms with Crippen molar-refractivity contribution in [3.05, 3.63) is 18.7 Å². The maximum Gasteiger partial charge on any atom is 0.229 e. The zero-order valence-corrected chi connectivity index (χ0v) is 7.03. The van der Waals surface area contributed by atoms with Crippen molar-refractivity contribution in [3.63, 3.8) is 0 Å². The first-order valence-electron chi connectivity index (χ1n) is 3.54. The quantitative estimate of drug-likeness (QED) is 0.541. The third-order valence-electron chi connectivity index (χ3n) is 1.38. The molecule has 1 rings (SSSR count). The fourth-order valence-electron chi connectivity index (χ4n) is 0.767. The standard InChI is InChI=1S/C7H11BN2O/c1-7(2,8)6(11)10-4-3-9-5-10/h3-5H,8H2,1-2H3. The van der Waals surface area contributed by atoms with E-state index >= 15 is 0 Å². The topological polar surface area (TPSA) is 34.9 Å². The third-order valence-corrected chi connectivity index (χ3v) is 1.38. The van der Waals surface area contributed by atoms with Crippen molar-refractivity contribution >= 4 is 13.8 Å². The Balaban J connectivity index is 2.88. The van der Waals surface area contributed by atoms with Crippen molar-refractivity contribution in [2.24, 2.45) is 0 Å². The van der Waals surface area contributed by atoms with Crippen LogP contribution < -0.4 is 0 Å². The van der Waals surface area contributed by atoms with E-state index in [1.807, 2.05) is 21.7 Å². The van der Waals surface area contributed by atoms with Crippen LogP contribution in [0.5, 0.6) is 0 Å². The lowest BCUT2D eigenvalue weighted by atomic mass is 9.72. The van der Waals surface area contributed by atoms with Gasteiger partial charge < -0.3 is 0 Å². The predicted molar refractivity (Wildman–Crippen MR) is 45.4 cm³/mol. The Bertz CT molecular complexity index is 248. The molecule has 0 saturated heterocycles. The van der Waals surface area contributed by atoms with E-state index in [-0.39, 0.29) is 11.2 Å². The summed E-state index contributed by atoms with van der Waals surface area (Å²) in [7, 11) is 1.88. The fraction of sp³-hybridized carbons (Fsp3) is 0.429. The minimum atomic E-state index is -0.333. The summed E-state index contributed by atoms with van der Waals surface area (Å²) in [6.45, 7) is 3.77. The van der Waals surface area contributed by atoms with E-state index in [2.05, 4.69) is 4.98 Å². The van der Waals surface area contributed by atoms with Gasteiger partial charge in [-0.25, -0.2) is 4.98 Å². The van der Waals surface area contributed by atoms with Crippen LogP contribution in [0.15, 0.2) is 18.7 Å². The molecule has 0 aliphatic heterocycles. The Labute approximate surface area is 66.8 Å². The Hall–Kier alpha value is -1.06. The molecule has 11 heavy (non-hydrogen) atoms. The van der Waals surface area contributed by atoms with E-state index in [4.69, 9.17) is 0 Å². The summed E-state index contributed by atoms with van der Waals surface area (Å²) in [6, 6.07) is 0. The van der Waals surface area contributed by atoms with Gasteiger partial charge in [-0.2, -0.15) is 0 Å². The molecule has 0 unspecified atom stereocenters. The lowest BCUT2D eigenvalue weighted by Crippen LogP contribution is -2.22. The Morgan fingerprint density at radius 2 is 2.27 bits per heavy atom. The molecule has 0 aromatic carbocycles. The Morgan fingerprint density at radius 1 is 1.64 bits per heavy atom. The van der Waals surface area contributed by atoms with Crippen LogP contribution in [-0.4, -0.2) is 23.3 Å². The van der Waals surface area contributed by atoms with Crippen molar-refractivity contribution in [2.45, 2.75) is 19.2 Å². The van der Waals surface area contributed by atoms with Gasteiger partial charge in [0.1, 0.15) is 14.2 Å². The minimum absolute atomic E-state index is 0.0648. The first kappa shape index (κ1) is 8.05. The molecular formula is C7H11BN2O. The molecule has 0 fully saturated rings. The number of carbonyl (C=O) groups excluding carboxylic acids is 1. The second-order valence-electron chi connectivity index (χ2n) is 3.53. The van der Waals surface area contributed by atoms with Gasteiger partial charge in [-0.1, -0.05) is 13.8 Å². The molecule has 0 aliphatic carbocycles. The Morgan fingerprint density at radius 3 is 2.64 bits per heavy atom. The first-order valence-corrected chi connectivity index (χ1v) is 3.54. The van der Waals surface area contributed by atoms with Gasteiger partial charge in [0.2, 0.25) is 5.91 Å². The summed E-state index contributed by atoms with van der Waals surface area (Å²) in [5, 5.41) is -0.333. The second-order valence-corrected chi connectivity index (χ2v) is 3.53. The van der Waals surface area contributed by atoms with Crippen LogP contribution in [0.2, 0.25) is 5.31 Å². The van der Waals surface area contributed by atoms with Crippen LogP contribution >= 0.6 is 0 Å². The molecular weight excluding hydrogens is 139 g/mol. The summed E-state index contributed by atoms with van der Waals surface area (Å²) < 4.78 is 1.50. The van der Waals surface area contributed by atoms with E-state index in [1.165, 1.54) is 10.9 Å². The van der Waals surface area contributed by atoms with E-state index in [9.17, 15) is 4.79 Å². The molecule has 0 aliphatic rings. The SMILES string of the molecule is BC(C)(C)C(=O)n1ccnc1. The third kappa shape index (κ3) is 1.70. The van der Waals surface area contributed by atoms with Crippen LogP contribution in [-0.2, 0) is 0 Å². The number of aromatic nitrogens is 2. The van der Waals surface area contributed by atoms with Gasteiger partial charge in [0.25, 0.3) is 0 Å². The zero-order valence-electron chi connectivity index (χ0n) is 7.03. The zero-order chi connectivity index (χ0) is 8.48. The largest absolute Gasteiger partial charge is 0.277 e. The molecule has 0 spiro atoms. The van der Waals surface area contributed by atoms with Gasteiger partial charge in [-0.05, 0) is 0 Å². The van der Waals surface area contributed by atoms with Gasteiger partial charge in [-0.15, -0.1) is 0 Å². The van der Waals surface area contributed by atoms with E-state index in [0.29, 0.717) is 0 Å². The lowest BCUT2D eigenvalue weighted by molar-refractivity contribution is 0.0866. The molecule has 0 bridgehead atoms. The van der Waals surface area contributed by atoms with Crippen molar-refractivity contribution in [1.82, 2.24) is 9.55 Å². The maximum atomic E-state index is 11.5. The highest BCUT2D eigenvalue weighted by molar-refractivity contribution is 6.27. The highest BCUT2D eigenvalue weighted by atomic mass is 16.2. The van der Waals surface area contributed by atoms with Gasteiger partial charge in [0, 0.05) is 17.7 Å². The van der Waals surface area contributed by atoms with Gasteiger partial charge in [0.15, 0.2) is 0 Å². The van der Waals surface area contributed by atoms with Crippen LogP contribution in [0.3, 0.4) is 0 Å². The average Bonchev–Trinajstić information content (AvgIpc) is 2.34. The van der Waals surface area contributed by atoms with Gasteiger partial charge in [-0.3, -0.25) is 9.36 Å².